The molecule has 0 bridgehead atoms. The number of nitro benzene ring substituents is 1. The summed E-state index contributed by atoms with van der Waals surface area (Å²) in [5, 5.41) is 14.1. The van der Waals surface area contributed by atoms with Crippen molar-refractivity contribution in [1.29, 1.82) is 0 Å². The van der Waals surface area contributed by atoms with Crippen LogP contribution in [0.3, 0.4) is 0 Å². The standard InChI is InChI=1S/C15H11ClN2O3S/c1-9-2-3-11(18(19)20)6-12(9)21-7-10-8-22-13-4-5-17-15(16)14(10)13/h2-6,8H,7H2,1H3. The number of ether oxygens (including phenoxy) is 1. The first-order valence-corrected chi connectivity index (χ1v) is 7.70. The van der Waals surface area contributed by atoms with Crippen molar-refractivity contribution in [1.82, 2.24) is 4.98 Å². The maximum atomic E-state index is 10.8. The third-order valence-electron chi connectivity index (χ3n) is 3.28. The molecule has 2 heterocycles. The van der Waals surface area contributed by atoms with Gasteiger partial charge in [0.05, 0.1) is 11.0 Å². The number of benzene rings is 1. The van der Waals surface area contributed by atoms with Crippen LogP contribution in [-0.2, 0) is 6.61 Å². The maximum absolute atomic E-state index is 10.8. The van der Waals surface area contributed by atoms with Crippen LogP contribution in [0.4, 0.5) is 5.69 Å². The van der Waals surface area contributed by atoms with Gasteiger partial charge in [-0.1, -0.05) is 11.6 Å². The summed E-state index contributed by atoms with van der Waals surface area (Å²) in [6.07, 6.45) is 1.66. The van der Waals surface area contributed by atoms with E-state index in [2.05, 4.69) is 4.98 Å². The largest absolute Gasteiger partial charge is 0.488 e. The molecule has 0 aliphatic rings. The van der Waals surface area contributed by atoms with Gasteiger partial charge in [0.15, 0.2) is 0 Å². The number of hydrogen-bond donors (Lipinski definition) is 0. The first kappa shape index (κ1) is 14.7. The molecule has 112 valence electrons. The number of nitro groups is 1. The molecular weight excluding hydrogens is 324 g/mol. The van der Waals surface area contributed by atoms with Gasteiger partial charge in [-0.2, -0.15) is 0 Å². The molecule has 0 unspecified atom stereocenters. The number of aryl methyl sites for hydroxylation is 1. The molecule has 3 rings (SSSR count). The Balaban J connectivity index is 1.88. The van der Waals surface area contributed by atoms with Gasteiger partial charge >= 0.3 is 0 Å². The lowest BCUT2D eigenvalue weighted by molar-refractivity contribution is -0.385. The third-order valence-corrected chi connectivity index (χ3v) is 4.56. The van der Waals surface area contributed by atoms with Crippen LogP contribution >= 0.6 is 22.9 Å². The lowest BCUT2D eigenvalue weighted by atomic mass is 10.2. The average Bonchev–Trinajstić information content (AvgIpc) is 2.91. The Morgan fingerprint density at radius 2 is 2.23 bits per heavy atom. The molecule has 0 saturated carbocycles. The number of aromatic nitrogens is 1. The maximum Gasteiger partial charge on any atom is 0.273 e. The van der Waals surface area contributed by atoms with Crippen LogP contribution in [0.1, 0.15) is 11.1 Å². The molecule has 0 spiro atoms. The molecule has 0 amide bonds. The van der Waals surface area contributed by atoms with Crippen LogP contribution in [0.5, 0.6) is 5.75 Å². The monoisotopic (exact) mass is 334 g/mol. The molecule has 1 aromatic carbocycles. The molecule has 5 nitrogen and oxygen atoms in total. The molecular formula is C15H11ClN2O3S. The number of hydrogen-bond acceptors (Lipinski definition) is 5. The number of pyridine rings is 1. The van der Waals surface area contributed by atoms with E-state index in [4.69, 9.17) is 16.3 Å². The zero-order chi connectivity index (χ0) is 15.7. The van der Waals surface area contributed by atoms with Crippen LogP contribution in [0.25, 0.3) is 10.1 Å². The van der Waals surface area contributed by atoms with Crippen LogP contribution in [0.15, 0.2) is 35.8 Å². The Morgan fingerprint density at radius 1 is 1.41 bits per heavy atom. The predicted molar refractivity (Wildman–Crippen MR) is 86.8 cm³/mol. The zero-order valence-electron chi connectivity index (χ0n) is 11.6. The topological polar surface area (TPSA) is 65.3 Å². The van der Waals surface area contributed by atoms with E-state index < -0.39 is 4.92 Å². The van der Waals surface area contributed by atoms with Crippen molar-refractivity contribution in [3.63, 3.8) is 0 Å². The molecule has 2 aromatic heterocycles. The number of nitrogens with zero attached hydrogens (tertiary/aromatic N) is 2. The van der Waals surface area contributed by atoms with Crippen LogP contribution in [-0.4, -0.2) is 9.91 Å². The van der Waals surface area contributed by atoms with Crippen molar-refractivity contribution >= 4 is 38.7 Å². The number of rotatable bonds is 4. The normalized spacial score (nSPS) is 10.8. The first-order chi connectivity index (χ1) is 10.6. The highest BCUT2D eigenvalue weighted by molar-refractivity contribution is 7.17. The van der Waals surface area contributed by atoms with Crippen LogP contribution in [0, 0.1) is 17.0 Å². The molecule has 0 aliphatic carbocycles. The summed E-state index contributed by atoms with van der Waals surface area (Å²) in [7, 11) is 0. The average molecular weight is 335 g/mol. The lowest BCUT2D eigenvalue weighted by Crippen LogP contribution is -1.98. The van der Waals surface area contributed by atoms with E-state index in [0.717, 1.165) is 21.2 Å². The van der Waals surface area contributed by atoms with E-state index in [1.807, 2.05) is 18.4 Å². The van der Waals surface area contributed by atoms with Crippen LogP contribution in [0.2, 0.25) is 5.15 Å². The summed E-state index contributed by atoms with van der Waals surface area (Å²) in [4.78, 5) is 14.5. The van der Waals surface area contributed by atoms with Gasteiger partial charge in [0.25, 0.3) is 5.69 Å². The van der Waals surface area contributed by atoms with Gasteiger partial charge in [-0.3, -0.25) is 10.1 Å². The molecule has 0 radical (unpaired) electrons. The highest BCUT2D eigenvalue weighted by atomic mass is 35.5. The van der Waals surface area contributed by atoms with Gasteiger partial charge in [-0.25, -0.2) is 4.98 Å². The molecule has 3 aromatic rings. The zero-order valence-corrected chi connectivity index (χ0v) is 13.1. The Bertz CT molecular complexity index is 863. The van der Waals surface area contributed by atoms with Gasteiger partial charge in [0, 0.05) is 27.9 Å². The Hall–Kier alpha value is -2.18. The Morgan fingerprint density at radius 3 is 3.00 bits per heavy atom. The molecule has 0 aliphatic heterocycles. The predicted octanol–water partition coefficient (Wildman–Crippen LogP) is 4.75. The SMILES string of the molecule is Cc1ccc([N+](=O)[O-])cc1OCc1csc2ccnc(Cl)c12. The molecule has 7 heteroatoms. The van der Waals surface area contributed by atoms with E-state index in [0.29, 0.717) is 10.9 Å². The van der Waals surface area contributed by atoms with Crippen molar-refractivity contribution in [2.24, 2.45) is 0 Å². The Kier molecular flexibility index (Phi) is 3.96. The second-order valence-corrected chi connectivity index (χ2v) is 6.00. The Labute approximate surface area is 135 Å². The van der Waals surface area contributed by atoms with E-state index >= 15 is 0 Å². The van der Waals surface area contributed by atoms with Crippen molar-refractivity contribution in [2.45, 2.75) is 13.5 Å². The second-order valence-electron chi connectivity index (χ2n) is 4.73. The van der Waals surface area contributed by atoms with Gasteiger partial charge in [0.1, 0.15) is 17.5 Å². The van der Waals surface area contributed by atoms with Crippen molar-refractivity contribution in [3.8, 4) is 5.75 Å². The minimum absolute atomic E-state index is 0.00970. The van der Waals surface area contributed by atoms with Crippen LogP contribution < -0.4 is 4.74 Å². The van der Waals surface area contributed by atoms with Crippen molar-refractivity contribution in [2.75, 3.05) is 0 Å². The fraction of sp³-hybridized carbons (Fsp3) is 0.133. The summed E-state index contributed by atoms with van der Waals surface area (Å²) >= 11 is 7.70. The number of thiophene rings is 1. The van der Waals surface area contributed by atoms with E-state index in [1.165, 1.54) is 12.1 Å². The van der Waals surface area contributed by atoms with Crippen molar-refractivity contribution in [3.05, 3.63) is 62.2 Å². The van der Waals surface area contributed by atoms with E-state index in [1.54, 1.807) is 23.6 Å². The second kappa shape index (κ2) is 5.90. The fourth-order valence-electron chi connectivity index (χ4n) is 2.12. The smallest absolute Gasteiger partial charge is 0.273 e. The molecule has 0 atom stereocenters. The number of fused-ring (bicyclic) bond motifs is 1. The lowest BCUT2D eigenvalue weighted by Gasteiger charge is -2.08. The minimum Gasteiger partial charge on any atom is -0.488 e. The quantitative estimate of drug-likeness (QED) is 0.392. The van der Waals surface area contributed by atoms with Crippen molar-refractivity contribution < 1.29 is 9.66 Å². The summed E-state index contributed by atoms with van der Waals surface area (Å²) in [5.41, 5.74) is 1.77. The van der Waals surface area contributed by atoms with Gasteiger partial charge in [-0.15, -0.1) is 11.3 Å². The summed E-state index contributed by atoms with van der Waals surface area (Å²) in [6, 6.07) is 6.47. The third kappa shape index (κ3) is 2.75. The van der Waals surface area contributed by atoms with Gasteiger partial charge in [0.2, 0.25) is 0 Å². The van der Waals surface area contributed by atoms with Gasteiger partial charge in [-0.05, 0) is 30.0 Å². The summed E-state index contributed by atoms with van der Waals surface area (Å²) in [5.74, 6) is 0.494. The highest BCUT2D eigenvalue weighted by Gasteiger charge is 2.12. The summed E-state index contributed by atoms with van der Waals surface area (Å²) < 4.78 is 6.79. The molecule has 0 saturated heterocycles. The van der Waals surface area contributed by atoms with E-state index in [9.17, 15) is 10.1 Å². The van der Waals surface area contributed by atoms with E-state index in [-0.39, 0.29) is 12.3 Å². The van der Waals surface area contributed by atoms with Gasteiger partial charge < -0.3 is 4.74 Å². The minimum atomic E-state index is -0.437. The number of non-ortho nitro benzene ring substituents is 1. The summed E-state index contributed by atoms with van der Waals surface area (Å²) in [6.45, 7) is 2.13. The molecule has 0 fully saturated rings. The fourth-order valence-corrected chi connectivity index (χ4v) is 3.40. The highest BCUT2D eigenvalue weighted by Crippen LogP contribution is 2.32. The molecule has 0 N–H and O–H groups in total. The molecule has 22 heavy (non-hydrogen) atoms. The first-order valence-electron chi connectivity index (χ1n) is 6.44. The number of halogens is 1.